The minimum atomic E-state index is -0.355. The number of aromatic nitrogens is 6. The molecule has 0 saturated heterocycles. The number of fused-ring (bicyclic) bond motifs is 2. The SMILES string of the molecule is CO[C@@H]1CCC[C@@H](n2cnc3cc(-c4nc(Cl)nc5[n-]cnc45)cc(F)c32)C1.[Li+]. The molecule has 1 aliphatic rings. The largest absolute Gasteiger partial charge is 1.00 e. The number of imidazole rings is 2. The zero-order valence-electron chi connectivity index (χ0n) is 16.1. The Hall–Kier alpha value is -1.98. The molecular weight excluding hydrogens is 390 g/mol. The van der Waals surface area contributed by atoms with Crippen molar-refractivity contribution < 1.29 is 28.0 Å². The van der Waals surface area contributed by atoms with Crippen LogP contribution in [-0.4, -0.2) is 37.7 Å². The van der Waals surface area contributed by atoms with Gasteiger partial charge in [-0.2, -0.15) is 0 Å². The molecule has 3 aromatic heterocycles. The molecule has 0 N–H and O–H groups in total. The second-order valence-corrected chi connectivity index (χ2v) is 7.38. The Kier molecular flexibility index (Phi) is 5.62. The van der Waals surface area contributed by atoms with E-state index in [1.54, 1.807) is 19.5 Å². The molecule has 7 nitrogen and oxygen atoms in total. The summed E-state index contributed by atoms with van der Waals surface area (Å²) in [5.41, 5.74) is 2.92. The Morgan fingerprint density at radius 2 is 2.10 bits per heavy atom. The number of hydrogen-bond donors (Lipinski definition) is 0. The molecule has 0 aliphatic heterocycles. The zero-order chi connectivity index (χ0) is 19.3. The molecule has 144 valence electrons. The molecule has 1 aromatic carbocycles. The van der Waals surface area contributed by atoms with Crippen LogP contribution in [0.5, 0.6) is 0 Å². The third-order valence-corrected chi connectivity index (χ3v) is 5.60. The van der Waals surface area contributed by atoms with E-state index >= 15 is 4.39 Å². The van der Waals surface area contributed by atoms with E-state index in [-0.39, 0.29) is 42.1 Å². The smallest absolute Gasteiger partial charge is 0.381 e. The van der Waals surface area contributed by atoms with Crippen LogP contribution in [0, 0.1) is 5.82 Å². The Morgan fingerprint density at radius 1 is 1.24 bits per heavy atom. The van der Waals surface area contributed by atoms with Crippen LogP contribution in [0.2, 0.25) is 5.28 Å². The van der Waals surface area contributed by atoms with Crippen molar-refractivity contribution in [3.05, 3.63) is 35.9 Å². The molecule has 0 radical (unpaired) electrons. The maximum absolute atomic E-state index is 15.2. The molecule has 29 heavy (non-hydrogen) atoms. The molecule has 5 rings (SSSR count). The van der Waals surface area contributed by atoms with Gasteiger partial charge in [0.25, 0.3) is 0 Å². The summed E-state index contributed by atoms with van der Waals surface area (Å²) in [5, 5.41) is 0.0434. The normalized spacial score (nSPS) is 19.6. The van der Waals surface area contributed by atoms with Crippen LogP contribution in [0.1, 0.15) is 31.7 Å². The average molecular weight is 407 g/mol. The minimum absolute atomic E-state index is 0. The summed E-state index contributed by atoms with van der Waals surface area (Å²) in [7, 11) is 1.73. The van der Waals surface area contributed by atoms with Crippen molar-refractivity contribution in [2.75, 3.05) is 7.11 Å². The van der Waals surface area contributed by atoms with E-state index < -0.39 is 0 Å². The second kappa shape index (κ2) is 8.04. The summed E-state index contributed by atoms with van der Waals surface area (Å²) in [6.45, 7) is 0. The fourth-order valence-corrected chi connectivity index (χ4v) is 4.25. The summed E-state index contributed by atoms with van der Waals surface area (Å²) >= 11 is 6.01. The van der Waals surface area contributed by atoms with Gasteiger partial charge in [0, 0.05) is 29.9 Å². The maximum Gasteiger partial charge on any atom is 1.00 e. The topological polar surface area (TPSA) is 79.8 Å². The van der Waals surface area contributed by atoms with Crippen LogP contribution in [-0.2, 0) is 4.74 Å². The first-order chi connectivity index (χ1) is 13.6. The van der Waals surface area contributed by atoms with Crippen LogP contribution < -0.4 is 23.8 Å². The number of rotatable bonds is 3. The number of methoxy groups -OCH3 is 1. The number of nitrogens with zero attached hydrogens (tertiary/aromatic N) is 6. The van der Waals surface area contributed by atoms with Crippen molar-refractivity contribution in [1.82, 2.24) is 29.5 Å². The molecular formula is C19H17ClFLiN6O. The first kappa shape index (κ1) is 20.3. The van der Waals surface area contributed by atoms with Gasteiger partial charge in [0.15, 0.2) is 5.28 Å². The predicted octanol–water partition coefficient (Wildman–Crippen LogP) is 0.925. The third-order valence-electron chi connectivity index (χ3n) is 5.43. The summed E-state index contributed by atoms with van der Waals surface area (Å²) in [4.78, 5) is 21.0. The van der Waals surface area contributed by atoms with E-state index in [4.69, 9.17) is 16.3 Å². The predicted molar refractivity (Wildman–Crippen MR) is 103 cm³/mol. The van der Waals surface area contributed by atoms with Gasteiger partial charge < -0.3 is 24.3 Å². The molecule has 2 atom stereocenters. The van der Waals surface area contributed by atoms with Crippen molar-refractivity contribution in [2.24, 2.45) is 0 Å². The second-order valence-electron chi connectivity index (χ2n) is 7.04. The molecule has 3 heterocycles. The van der Waals surface area contributed by atoms with Crippen molar-refractivity contribution >= 4 is 33.8 Å². The van der Waals surface area contributed by atoms with Gasteiger partial charge >= 0.3 is 18.9 Å². The summed E-state index contributed by atoms with van der Waals surface area (Å²) in [6, 6.07) is 3.42. The summed E-state index contributed by atoms with van der Waals surface area (Å²) < 4.78 is 22.6. The van der Waals surface area contributed by atoms with Gasteiger partial charge in [-0.15, -0.1) is 0 Å². The van der Waals surface area contributed by atoms with E-state index in [1.807, 2.05) is 4.57 Å². The van der Waals surface area contributed by atoms with Crippen LogP contribution in [0.25, 0.3) is 33.5 Å². The Labute approximate surface area is 183 Å². The number of benzene rings is 1. The van der Waals surface area contributed by atoms with Gasteiger partial charge in [-0.3, -0.25) is 0 Å². The van der Waals surface area contributed by atoms with Gasteiger partial charge in [0.05, 0.1) is 23.6 Å². The molecule has 0 bridgehead atoms. The van der Waals surface area contributed by atoms with Crippen molar-refractivity contribution in [2.45, 2.75) is 37.8 Å². The van der Waals surface area contributed by atoms with Gasteiger partial charge in [-0.1, -0.05) is 11.6 Å². The Morgan fingerprint density at radius 3 is 2.93 bits per heavy atom. The minimum Gasteiger partial charge on any atom is -0.381 e. The quantitative estimate of drug-likeness (QED) is 0.372. The number of halogens is 2. The van der Waals surface area contributed by atoms with E-state index in [0.717, 1.165) is 25.7 Å². The third kappa shape index (κ3) is 3.55. The van der Waals surface area contributed by atoms with Gasteiger partial charge in [-0.05, 0) is 44.1 Å². The van der Waals surface area contributed by atoms with E-state index in [2.05, 4.69) is 24.9 Å². The molecule has 10 heteroatoms. The standard InChI is InChI=1S/C19H17ClFN6O.Li/c1-28-12-4-2-3-11(7-12)27-9-24-14-6-10(5-13(21)17(14)27)15-16-18(23-8-22-16)26-19(20)25-15;/h5-6,8-9,11-12H,2-4,7H2,1H3;/q-1;+1/t11-,12-;/m1./s1. The average Bonchev–Trinajstić information content (AvgIpc) is 3.34. The monoisotopic (exact) mass is 406 g/mol. The maximum atomic E-state index is 15.2. The molecule has 4 aromatic rings. The molecule has 1 fully saturated rings. The van der Waals surface area contributed by atoms with Crippen molar-refractivity contribution in [3.8, 4) is 11.3 Å². The van der Waals surface area contributed by atoms with Crippen LogP contribution in [0.15, 0.2) is 24.8 Å². The van der Waals surface area contributed by atoms with Gasteiger partial charge in [0.1, 0.15) is 11.3 Å². The fourth-order valence-electron chi connectivity index (χ4n) is 4.09. The van der Waals surface area contributed by atoms with Gasteiger partial charge in [0.2, 0.25) is 0 Å². The summed E-state index contributed by atoms with van der Waals surface area (Å²) in [6.07, 6.45) is 7.23. The van der Waals surface area contributed by atoms with Gasteiger partial charge in [-0.25, -0.2) is 14.4 Å². The Bertz CT molecular complexity index is 1180. The molecule has 0 spiro atoms. The molecule has 1 saturated carbocycles. The Balaban J connectivity index is 0.00000205. The van der Waals surface area contributed by atoms with Crippen molar-refractivity contribution in [1.29, 1.82) is 0 Å². The molecule has 1 aliphatic carbocycles. The van der Waals surface area contributed by atoms with Crippen LogP contribution in [0.3, 0.4) is 0 Å². The first-order valence-corrected chi connectivity index (χ1v) is 9.52. The molecule has 0 amide bonds. The van der Waals surface area contributed by atoms with Crippen molar-refractivity contribution in [3.63, 3.8) is 0 Å². The van der Waals surface area contributed by atoms with E-state index in [9.17, 15) is 0 Å². The van der Waals surface area contributed by atoms with Crippen LogP contribution in [0.4, 0.5) is 4.39 Å². The number of ether oxygens (including phenoxy) is 1. The fraction of sp³-hybridized carbons (Fsp3) is 0.368. The van der Waals surface area contributed by atoms with E-state index in [1.165, 1.54) is 12.4 Å². The zero-order valence-corrected chi connectivity index (χ0v) is 16.9. The summed E-state index contributed by atoms with van der Waals surface area (Å²) in [5.74, 6) is -0.355. The first-order valence-electron chi connectivity index (χ1n) is 9.14. The number of hydrogen-bond acceptors (Lipinski definition) is 5. The molecule has 0 unspecified atom stereocenters. The van der Waals surface area contributed by atoms with E-state index in [0.29, 0.717) is 33.5 Å². The van der Waals surface area contributed by atoms with Crippen LogP contribution >= 0.6 is 11.6 Å².